The minimum absolute atomic E-state index is 0.0658. The smallest absolute Gasteiger partial charge is 0.145 e. The zero-order chi connectivity index (χ0) is 17.5. The average molecular weight is 343 g/mol. The Morgan fingerprint density at radius 3 is 2.80 bits per heavy atom. The lowest BCUT2D eigenvalue weighted by Gasteiger charge is -2.22. The zero-order valence-corrected chi connectivity index (χ0v) is 14.5. The molecule has 0 atom stereocenters. The molecule has 134 valence electrons. The number of aliphatic hydroxyl groups excluding tert-OH is 1. The van der Waals surface area contributed by atoms with Crippen LogP contribution in [0.2, 0.25) is 0 Å². The lowest BCUT2D eigenvalue weighted by molar-refractivity contribution is 0.0699. The Morgan fingerprint density at radius 1 is 1.16 bits per heavy atom. The zero-order valence-electron chi connectivity index (χ0n) is 14.5. The summed E-state index contributed by atoms with van der Waals surface area (Å²) in [6.45, 7) is 5.11. The highest BCUT2D eigenvalue weighted by atomic mass is 16.5. The van der Waals surface area contributed by atoms with Crippen LogP contribution in [0.3, 0.4) is 0 Å². The number of hydrogen-bond acceptors (Lipinski definition) is 7. The van der Waals surface area contributed by atoms with Crippen molar-refractivity contribution < 1.29 is 9.84 Å². The number of rotatable bonds is 7. The number of aromatic nitrogens is 3. The van der Waals surface area contributed by atoms with Crippen LogP contribution in [0.15, 0.2) is 24.7 Å². The highest BCUT2D eigenvalue weighted by Crippen LogP contribution is 2.24. The Morgan fingerprint density at radius 2 is 2.00 bits per heavy atom. The highest BCUT2D eigenvalue weighted by Gasteiger charge is 2.14. The van der Waals surface area contributed by atoms with E-state index in [1.165, 1.54) is 0 Å². The second kappa shape index (κ2) is 8.73. The van der Waals surface area contributed by atoms with Gasteiger partial charge in [-0.3, -0.25) is 4.98 Å². The number of aliphatic hydroxyl groups is 1. The Hall–Kier alpha value is -2.25. The van der Waals surface area contributed by atoms with E-state index in [0.29, 0.717) is 12.5 Å². The molecule has 0 bridgehead atoms. The van der Waals surface area contributed by atoms with Gasteiger partial charge in [-0.1, -0.05) is 0 Å². The van der Waals surface area contributed by atoms with Gasteiger partial charge >= 0.3 is 0 Å². The fourth-order valence-electron chi connectivity index (χ4n) is 2.86. The summed E-state index contributed by atoms with van der Waals surface area (Å²) < 4.78 is 5.40. The van der Waals surface area contributed by atoms with Crippen LogP contribution >= 0.6 is 0 Å². The molecule has 1 aliphatic rings. The summed E-state index contributed by atoms with van der Waals surface area (Å²) in [5.41, 5.74) is 2.83. The van der Waals surface area contributed by atoms with E-state index in [-0.39, 0.29) is 6.61 Å². The van der Waals surface area contributed by atoms with Gasteiger partial charge in [0.15, 0.2) is 0 Å². The standard InChI is InChI=1S/C18H25N5O2/c1-13-9-21-17(20-4-5-24)8-15(13)16-11-19-12-18(23-16)22-10-14-2-6-25-7-3-14/h8-9,11-12,14,24H,2-7,10H2,1H3,(H,20,21)(H,22,23). The maximum absolute atomic E-state index is 8.94. The van der Waals surface area contributed by atoms with E-state index in [4.69, 9.17) is 14.8 Å². The van der Waals surface area contributed by atoms with Crippen LogP contribution in [0.5, 0.6) is 0 Å². The fourth-order valence-corrected chi connectivity index (χ4v) is 2.86. The maximum Gasteiger partial charge on any atom is 0.145 e. The summed E-state index contributed by atoms with van der Waals surface area (Å²) in [6, 6.07) is 1.94. The Labute approximate surface area is 147 Å². The fraction of sp³-hybridized carbons (Fsp3) is 0.500. The Bertz CT molecular complexity index is 689. The average Bonchev–Trinajstić information content (AvgIpc) is 2.67. The van der Waals surface area contributed by atoms with E-state index >= 15 is 0 Å². The van der Waals surface area contributed by atoms with Crippen molar-refractivity contribution in [3.8, 4) is 11.3 Å². The third kappa shape index (κ3) is 4.87. The largest absolute Gasteiger partial charge is 0.395 e. The first-order valence-electron chi connectivity index (χ1n) is 8.71. The molecule has 0 aromatic carbocycles. The molecule has 2 aromatic rings. The van der Waals surface area contributed by atoms with Crippen molar-refractivity contribution in [3.05, 3.63) is 30.2 Å². The molecule has 7 heteroatoms. The topological polar surface area (TPSA) is 92.2 Å². The van der Waals surface area contributed by atoms with Gasteiger partial charge in [0.05, 0.1) is 24.7 Å². The molecule has 0 unspecified atom stereocenters. The maximum atomic E-state index is 8.94. The normalized spacial score (nSPS) is 15.1. The van der Waals surface area contributed by atoms with Gasteiger partial charge in [0.1, 0.15) is 11.6 Å². The van der Waals surface area contributed by atoms with Gasteiger partial charge in [0.2, 0.25) is 0 Å². The number of nitrogens with zero attached hydrogens (tertiary/aromatic N) is 3. The first kappa shape index (κ1) is 17.6. The van der Waals surface area contributed by atoms with Gasteiger partial charge in [-0.15, -0.1) is 0 Å². The molecule has 2 aromatic heterocycles. The summed E-state index contributed by atoms with van der Waals surface area (Å²) in [7, 11) is 0. The summed E-state index contributed by atoms with van der Waals surface area (Å²) in [5, 5.41) is 15.4. The van der Waals surface area contributed by atoms with Crippen LogP contribution in [0.1, 0.15) is 18.4 Å². The van der Waals surface area contributed by atoms with Crippen LogP contribution in [-0.2, 0) is 4.74 Å². The predicted molar refractivity (Wildman–Crippen MR) is 97.6 cm³/mol. The monoisotopic (exact) mass is 343 g/mol. The number of anilines is 2. The predicted octanol–water partition coefficient (Wildman–Crippen LogP) is 2.09. The molecule has 0 aliphatic carbocycles. The van der Waals surface area contributed by atoms with Gasteiger partial charge in [-0.2, -0.15) is 0 Å². The van der Waals surface area contributed by atoms with Crippen molar-refractivity contribution in [1.82, 2.24) is 15.0 Å². The third-order valence-corrected chi connectivity index (χ3v) is 4.34. The van der Waals surface area contributed by atoms with Gasteiger partial charge < -0.3 is 20.5 Å². The molecule has 3 rings (SSSR count). The Kier molecular flexibility index (Phi) is 6.14. The summed E-state index contributed by atoms with van der Waals surface area (Å²) >= 11 is 0. The molecule has 3 heterocycles. The molecule has 25 heavy (non-hydrogen) atoms. The van der Waals surface area contributed by atoms with Crippen molar-refractivity contribution >= 4 is 11.6 Å². The van der Waals surface area contributed by atoms with Gasteiger partial charge in [0, 0.05) is 38.1 Å². The SMILES string of the molecule is Cc1cnc(NCCO)cc1-c1cncc(NCC2CCOCC2)n1. The van der Waals surface area contributed by atoms with Gasteiger partial charge in [-0.25, -0.2) is 9.97 Å². The van der Waals surface area contributed by atoms with Gasteiger partial charge in [0.25, 0.3) is 0 Å². The molecule has 0 saturated carbocycles. The van der Waals surface area contributed by atoms with Gasteiger partial charge in [-0.05, 0) is 37.3 Å². The Balaban J connectivity index is 1.72. The lowest BCUT2D eigenvalue weighted by atomic mass is 10.0. The number of aryl methyl sites for hydroxylation is 1. The van der Waals surface area contributed by atoms with E-state index < -0.39 is 0 Å². The van der Waals surface area contributed by atoms with E-state index in [2.05, 4.69) is 20.6 Å². The second-order valence-electron chi connectivity index (χ2n) is 6.26. The van der Waals surface area contributed by atoms with Crippen LogP contribution in [0.25, 0.3) is 11.3 Å². The van der Waals surface area contributed by atoms with Crippen molar-refractivity contribution in [2.24, 2.45) is 5.92 Å². The summed E-state index contributed by atoms with van der Waals surface area (Å²) in [6.07, 6.45) is 7.49. The van der Waals surface area contributed by atoms with E-state index in [0.717, 1.165) is 61.1 Å². The summed E-state index contributed by atoms with van der Waals surface area (Å²) in [5.74, 6) is 2.12. The molecular weight excluding hydrogens is 318 g/mol. The number of hydrogen-bond donors (Lipinski definition) is 3. The van der Waals surface area contributed by atoms with Crippen LogP contribution in [0.4, 0.5) is 11.6 Å². The van der Waals surface area contributed by atoms with Crippen LogP contribution < -0.4 is 10.6 Å². The number of ether oxygens (including phenoxy) is 1. The van der Waals surface area contributed by atoms with E-state index in [9.17, 15) is 0 Å². The number of nitrogens with one attached hydrogen (secondary N) is 2. The molecule has 0 amide bonds. The molecule has 0 spiro atoms. The van der Waals surface area contributed by atoms with E-state index in [1.807, 2.05) is 13.0 Å². The minimum Gasteiger partial charge on any atom is -0.395 e. The van der Waals surface area contributed by atoms with Crippen molar-refractivity contribution in [3.63, 3.8) is 0 Å². The second-order valence-corrected chi connectivity index (χ2v) is 6.26. The molecule has 0 radical (unpaired) electrons. The minimum atomic E-state index is 0.0658. The quantitative estimate of drug-likeness (QED) is 0.709. The lowest BCUT2D eigenvalue weighted by Crippen LogP contribution is -2.23. The van der Waals surface area contributed by atoms with Crippen molar-refractivity contribution in [2.45, 2.75) is 19.8 Å². The molecular formula is C18H25N5O2. The van der Waals surface area contributed by atoms with Crippen molar-refractivity contribution in [2.75, 3.05) is 43.5 Å². The van der Waals surface area contributed by atoms with Crippen molar-refractivity contribution in [1.29, 1.82) is 0 Å². The molecule has 1 aliphatic heterocycles. The first-order chi connectivity index (χ1) is 12.3. The molecule has 1 fully saturated rings. The summed E-state index contributed by atoms with van der Waals surface area (Å²) in [4.78, 5) is 13.4. The molecule has 3 N–H and O–H groups in total. The molecule has 1 saturated heterocycles. The molecule has 7 nitrogen and oxygen atoms in total. The first-order valence-corrected chi connectivity index (χ1v) is 8.71. The number of pyridine rings is 1. The highest BCUT2D eigenvalue weighted by molar-refractivity contribution is 5.67. The van der Waals surface area contributed by atoms with E-state index in [1.54, 1.807) is 18.6 Å². The van der Waals surface area contributed by atoms with Crippen LogP contribution in [0, 0.1) is 12.8 Å². The van der Waals surface area contributed by atoms with Crippen LogP contribution in [-0.4, -0.2) is 53.0 Å². The third-order valence-electron chi connectivity index (χ3n) is 4.34.